The van der Waals surface area contributed by atoms with Gasteiger partial charge in [-0.2, -0.15) is 0 Å². The van der Waals surface area contributed by atoms with Crippen molar-refractivity contribution < 1.29 is 4.74 Å². The molecule has 1 nitrogen and oxygen atoms in total. The first-order chi connectivity index (χ1) is 25.6. The number of ether oxygens (including phenoxy) is 1. The van der Waals surface area contributed by atoms with Gasteiger partial charge >= 0.3 is 0 Å². The van der Waals surface area contributed by atoms with Crippen molar-refractivity contribution in [3.63, 3.8) is 0 Å². The molecule has 278 valence electrons. The number of methoxy groups -OCH3 is 1. The maximum absolute atomic E-state index is 5.46. The number of fused-ring (bicyclic) bond motifs is 4. The predicted octanol–water partition coefficient (Wildman–Crippen LogP) is 15.1. The van der Waals surface area contributed by atoms with E-state index in [2.05, 4.69) is 185 Å². The van der Waals surface area contributed by atoms with Crippen LogP contribution in [0.4, 0.5) is 0 Å². The van der Waals surface area contributed by atoms with Crippen LogP contribution in [-0.2, 0) is 0 Å². The van der Waals surface area contributed by atoms with Crippen LogP contribution in [0.25, 0.3) is 54.2 Å². The van der Waals surface area contributed by atoms with Crippen molar-refractivity contribution in [1.29, 1.82) is 0 Å². The monoisotopic (exact) mass is 744 g/mol. The average Bonchev–Trinajstić information content (AvgIpc) is 3.13. The Hall–Kier alpha value is -4.29. The number of rotatable bonds is 8. The van der Waals surface area contributed by atoms with Gasteiger partial charge < -0.3 is 4.74 Å². The fraction of sp³-hybridized carbons (Fsp3) is 0.373. The number of benzene rings is 6. The van der Waals surface area contributed by atoms with Crippen LogP contribution in [0, 0.1) is 22.9 Å². The van der Waals surface area contributed by atoms with E-state index in [1.54, 1.807) is 7.11 Å². The van der Waals surface area contributed by atoms with Gasteiger partial charge in [0.2, 0.25) is 0 Å². The smallest absolute Gasteiger partial charge is 0.146 e. The summed E-state index contributed by atoms with van der Waals surface area (Å²) in [4.78, 5) is 0. The van der Waals surface area contributed by atoms with Gasteiger partial charge in [0.15, 0.2) is 0 Å². The van der Waals surface area contributed by atoms with Crippen molar-refractivity contribution in [2.45, 2.75) is 116 Å². The summed E-state index contributed by atoms with van der Waals surface area (Å²) < 4.78 is 5.46. The molecule has 6 aromatic carbocycles. The Kier molecular flexibility index (Phi) is 11.3. The van der Waals surface area contributed by atoms with E-state index in [1.807, 2.05) is 12.1 Å². The van der Waals surface area contributed by atoms with Crippen LogP contribution in [-0.4, -0.2) is 23.3 Å². The highest BCUT2D eigenvalue weighted by atomic mass is 28.3. The van der Waals surface area contributed by atoms with Crippen molar-refractivity contribution in [3.05, 3.63) is 102 Å². The van der Waals surface area contributed by atoms with Gasteiger partial charge in [-0.05, 0) is 130 Å². The minimum atomic E-state index is -2.04. The average molecular weight is 745 g/mol. The van der Waals surface area contributed by atoms with E-state index in [9.17, 15) is 0 Å². The van der Waals surface area contributed by atoms with Crippen LogP contribution in [0.2, 0.25) is 33.2 Å². The number of hydrogen-bond donors (Lipinski definition) is 0. The molecule has 0 unspecified atom stereocenters. The van der Waals surface area contributed by atoms with Crippen molar-refractivity contribution in [2.75, 3.05) is 7.11 Å². The van der Waals surface area contributed by atoms with Gasteiger partial charge in [0, 0.05) is 11.1 Å². The molecule has 0 spiro atoms. The molecule has 0 saturated heterocycles. The highest BCUT2D eigenvalue weighted by Crippen LogP contribution is 2.44. The maximum atomic E-state index is 5.46. The summed E-state index contributed by atoms with van der Waals surface area (Å²) in [5.41, 5.74) is 16.2. The van der Waals surface area contributed by atoms with Crippen LogP contribution in [0.1, 0.15) is 94.2 Å². The molecule has 6 aromatic rings. The van der Waals surface area contributed by atoms with Gasteiger partial charge in [-0.15, -0.1) is 11.1 Å². The highest BCUT2D eigenvalue weighted by Gasteiger charge is 2.43. The molecule has 0 radical (unpaired) electrons. The lowest BCUT2D eigenvalue weighted by atomic mass is 9.88. The second-order valence-electron chi connectivity index (χ2n) is 17.5. The molecule has 0 heterocycles. The zero-order valence-corrected chi connectivity index (χ0v) is 37.0. The summed E-state index contributed by atoms with van der Waals surface area (Å²) in [5, 5.41) is 9.77. The zero-order chi connectivity index (χ0) is 39.1. The lowest BCUT2D eigenvalue weighted by Crippen LogP contribution is -2.43. The number of hydrogen-bond acceptors (Lipinski definition) is 1. The van der Waals surface area contributed by atoms with E-state index in [4.69, 9.17) is 4.74 Å². The molecule has 0 saturated carbocycles. The van der Waals surface area contributed by atoms with Gasteiger partial charge in [-0.25, -0.2) is 0 Å². The normalized spacial score (nSPS) is 12.5. The lowest BCUT2D eigenvalue weighted by Gasteiger charge is -2.38. The topological polar surface area (TPSA) is 9.23 Å². The van der Waals surface area contributed by atoms with Crippen LogP contribution in [0.5, 0.6) is 5.75 Å². The van der Waals surface area contributed by atoms with Crippen molar-refractivity contribution in [3.8, 4) is 39.8 Å². The van der Waals surface area contributed by atoms with Crippen LogP contribution >= 0.6 is 0 Å². The second kappa shape index (κ2) is 15.5. The molecule has 0 atom stereocenters. The molecular weight excluding hydrogens is 685 g/mol. The Bertz CT molecular complexity index is 2410. The van der Waals surface area contributed by atoms with E-state index in [-0.39, 0.29) is 0 Å². The first-order valence-corrected chi connectivity index (χ1v) is 24.7. The van der Waals surface area contributed by atoms with Gasteiger partial charge in [0.25, 0.3) is 0 Å². The fourth-order valence-electron chi connectivity index (χ4n) is 10.1. The molecule has 0 fully saturated rings. The largest absolute Gasteiger partial charge is 0.497 e. The molecule has 54 heavy (non-hydrogen) atoms. The first kappa shape index (κ1) is 39.4. The molecule has 0 aliphatic heterocycles. The Balaban J connectivity index is 1.80. The Morgan fingerprint density at radius 2 is 0.759 bits per heavy atom. The summed E-state index contributed by atoms with van der Waals surface area (Å²) in [5.74, 6) is 8.89. The van der Waals surface area contributed by atoms with Gasteiger partial charge in [0.05, 0.1) is 7.11 Å². The minimum Gasteiger partial charge on any atom is -0.497 e. The van der Waals surface area contributed by atoms with Crippen molar-refractivity contribution in [2.24, 2.45) is 0 Å². The third kappa shape index (κ3) is 6.80. The fourth-order valence-corrected chi connectivity index (χ4v) is 20.5. The summed E-state index contributed by atoms with van der Waals surface area (Å²) in [6.45, 7) is 28.9. The van der Waals surface area contributed by atoms with Crippen LogP contribution in [0.15, 0.2) is 91.0 Å². The van der Waals surface area contributed by atoms with E-state index >= 15 is 0 Å². The SMILES string of the molecule is COc1ccc(-c2ccc3cc4c(C#C[Si](C(C)C)(C(C)C)C(C)C)c5cc6ccccc6cc5c(C#C[Si](C(C)C)(C(C)C)C(C)C)c4cc3c2)cc1. The van der Waals surface area contributed by atoms with Gasteiger partial charge in [-0.1, -0.05) is 143 Å². The Morgan fingerprint density at radius 1 is 0.407 bits per heavy atom. The lowest BCUT2D eigenvalue weighted by molar-refractivity contribution is 0.415. The molecule has 0 aliphatic rings. The second-order valence-corrected chi connectivity index (χ2v) is 28.6. The minimum absolute atomic E-state index is 0.544. The molecule has 0 bridgehead atoms. The Morgan fingerprint density at radius 3 is 1.13 bits per heavy atom. The van der Waals surface area contributed by atoms with Crippen molar-refractivity contribution >= 4 is 59.2 Å². The summed E-state index contributed by atoms with van der Waals surface area (Å²) in [6, 6.07) is 33.7. The van der Waals surface area contributed by atoms with E-state index in [1.165, 1.54) is 54.2 Å². The first-order valence-electron chi connectivity index (χ1n) is 20.2. The summed E-state index contributed by atoms with van der Waals surface area (Å²) in [6.07, 6.45) is 0. The molecule has 3 heteroatoms. The van der Waals surface area contributed by atoms with E-state index in [0.29, 0.717) is 33.2 Å². The van der Waals surface area contributed by atoms with Crippen molar-refractivity contribution in [1.82, 2.24) is 0 Å². The maximum Gasteiger partial charge on any atom is 0.146 e. The van der Waals surface area contributed by atoms with Crippen LogP contribution in [0.3, 0.4) is 0 Å². The molecule has 0 amide bonds. The standard InChI is InChI=1S/C51H60OSi2/c1-33(2)53(34(3)4,35(5)6)26-24-46-48-29-40-16-14-15-17-41(40)30-49(48)47(25-27-54(36(7)8,37(9)10)38(11)12)51-32-44-28-42(18-19-43(44)31-50(46)51)39-20-22-45(52-13)23-21-39/h14-23,28-38H,1-13H3. The molecule has 0 aromatic heterocycles. The highest BCUT2D eigenvalue weighted by molar-refractivity contribution is 6.91. The quantitative estimate of drug-likeness (QED) is 0.0857. The summed E-state index contributed by atoms with van der Waals surface area (Å²) in [7, 11) is -2.35. The molecular formula is C51H60OSi2. The Labute approximate surface area is 327 Å². The summed E-state index contributed by atoms with van der Waals surface area (Å²) >= 11 is 0. The zero-order valence-electron chi connectivity index (χ0n) is 35.0. The van der Waals surface area contributed by atoms with Gasteiger partial charge in [-0.3, -0.25) is 0 Å². The van der Waals surface area contributed by atoms with E-state index in [0.717, 1.165) is 16.9 Å². The third-order valence-corrected chi connectivity index (χ3v) is 25.5. The van der Waals surface area contributed by atoms with Crippen LogP contribution < -0.4 is 4.74 Å². The predicted molar refractivity (Wildman–Crippen MR) is 244 cm³/mol. The molecule has 6 rings (SSSR count). The third-order valence-electron chi connectivity index (χ3n) is 12.9. The molecule has 0 aliphatic carbocycles. The van der Waals surface area contributed by atoms with Gasteiger partial charge in [0.1, 0.15) is 21.9 Å². The van der Waals surface area contributed by atoms with E-state index < -0.39 is 16.1 Å². The molecule has 0 N–H and O–H groups in total.